The van der Waals surface area contributed by atoms with Crippen LogP contribution in [-0.4, -0.2) is 15.8 Å². The smallest absolute Gasteiger partial charge is 0.0877 e. The molecule has 0 atom stereocenters. The summed E-state index contributed by atoms with van der Waals surface area (Å²) >= 11 is 12.4. The van der Waals surface area contributed by atoms with E-state index in [2.05, 4.69) is 16.5 Å². The minimum Gasteiger partial charge on any atom is -0.310 e. The first-order valence-corrected chi connectivity index (χ1v) is 7.13. The van der Waals surface area contributed by atoms with E-state index in [1.807, 2.05) is 19.1 Å². The second-order valence-corrected chi connectivity index (χ2v) is 5.72. The number of hydrogen-bond acceptors (Lipinski definition) is 2. The zero-order valence-corrected chi connectivity index (χ0v) is 12.2. The monoisotopic (exact) mass is 295 g/mol. The molecule has 0 radical (unpaired) electrons. The van der Waals surface area contributed by atoms with Crippen molar-refractivity contribution >= 4 is 23.2 Å². The Morgan fingerprint density at radius 3 is 2.74 bits per heavy atom. The highest BCUT2D eigenvalue weighted by Gasteiger charge is 2.21. The lowest BCUT2D eigenvalue weighted by Gasteiger charge is -2.12. The summed E-state index contributed by atoms with van der Waals surface area (Å²) in [4.78, 5) is 0. The summed E-state index contributed by atoms with van der Waals surface area (Å²) in [6, 6.07) is 6.58. The highest BCUT2D eigenvalue weighted by molar-refractivity contribution is 6.32. The first-order valence-electron chi connectivity index (χ1n) is 6.38. The summed E-state index contributed by atoms with van der Waals surface area (Å²) < 4.78 is 1.77. The van der Waals surface area contributed by atoms with E-state index in [4.69, 9.17) is 23.2 Å². The Morgan fingerprint density at radius 1 is 1.32 bits per heavy atom. The number of aryl methyl sites for hydroxylation is 1. The largest absolute Gasteiger partial charge is 0.310 e. The van der Waals surface area contributed by atoms with E-state index in [0.29, 0.717) is 16.1 Å². The van der Waals surface area contributed by atoms with Crippen molar-refractivity contribution in [2.45, 2.75) is 32.4 Å². The summed E-state index contributed by atoms with van der Waals surface area (Å²) in [6.45, 7) is 2.69. The molecule has 100 valence electrons. The Kier molecular flexibility index (Phi) is 3.52. The number of nitrogens with one attached hydrogen (secondary N) is 1. The van der Waals surface area contributed by atoms with Gasteiger partial charge in [-0.3, -0.25) is 0 Å². The molecule has 1 heterocycles. The van der Waals surface area contributed by atoms with Crippen molar-refractivity contribution in [2.75, 3.05) is 0 Å². The van der Waals surface area contributed by atoms with Gasteiger partial charge in [0.15, 0.2) is 0 Å². The summed E-state index contributed by atoms with van der Waals surface area (Å²) in [5.74, 6) is 0. The summed E-state index contributed by atoms with van der Waals surface area (Å²) in [5.41, 5.74) is 2.86. The van der Waals surface area contributed by atoms with Crippen LogP contribution in [0, 0.1) is 6.92 Å². The van der Waals surface area contributed by atoms with Crippen molar-refractivity contribution in [1.29, 1.82) is 0 Å². The first kappa shape index (κ1) is 13.0. The molecule has 0 spiro atoms. The van der Waals surface area contributed by atoms with E-state index < -0.39 is 0 Å². The molecule has 1 aromatic carbocycles. The molecular formula is C14H15Cl2N3. The van der Waals surface area contributed by atoms with Crippen molar-refractivity contribution in [1.82, 2.24) is 15.1 Å². The zero-order chi connectivity index (χ0) is 13.4. The fourth-order valence-electron chi connectivity index (χ4n) is 2.05. The van der Waals surface area contributed by atoms with Crippen LogP contribution in [0.4, 0.5) is 0 Å². The molecule has 1 aliphatic rings. The molecule has 1 N–H and O–H groups in total. The Bertz CT molecular complexity index is 583. The molecule has 1 aromatic heterocycles. The summed E-state index contributed by atoms with van der Waals surface area (Å²) in [5, 5.41) is 9.26. The van der Waals surface area contributed by atoms with Crippen LogP contribution in [0.2, 0.25) is 10.0 Å². The van der Waals surface area contributed by atoms with Crippen LogP contribution in [0.1, 0.15) is 24.1 Å². The van der Waals surface area contributed by atoms with E-state index in [1.54, 1.807) is 10.9 Å². The van der Waals surface area contributed by atoms with E-state index in [-0.39, 0.29) is 0 Å². The third-order valence-electron chi connectivity index (χ3n) is 3.30. The fourth-order valence-corrected chi connectivity index (χ4v) is 2.47. The molecule has 0 saturated heterocycles. The van der Waals surface area contributed by atoms with Crippen LogP contribution >= 0.6 is 23.2 Å². The van der Waals surface area contributed by atoms with Gasteiger partial charge in [-0.2, -0.15) is 5.10 Å². The van der Waals surface area contributed by atoms with Gasteiger partial charge in [-0.25, -0.2) is 4.68 Å². The van der Waals surface area contributed by atoms with Gasteiger partial charge in [0.05, 0.1) is 21.4 Å². The summed E-state index contributed by atoms with van der Waals surface area (Å²) in [7, 11) is 0. The standard InChI is InChI=1S/C14H15Cl2N3/c1-9-13(16)8-19(18-9)14-10(3-2-4-12(14)15)7-17-11-5-6-11/h2-4,8,11,17H,5-7H2,1H3. The number of aromatic nitrogens is 2. The minimum absolute atomic E-state index is 0.654. The van der Waals surface area contributed by atoms with Crippen LogP contribution in [0.15, 0.2) is 24.4 Å². The van der Waals surface area contributed by atoms with Gasteiger partial charge < -0.3 is 5.32 Å². The van der Waals surface area contributed by atoms with Crippen LogP contribution in [-0.2, 0) is 6.54 Å². The van der Waals surface area contributed by atoms with Gasteiger partial charge in [0.1, 0.15) is 0 Å². The van der Waals surface area contributed by atoms with Gasteiger partial charge >= 0.3 is 0 Å². The average molecular weight is 296 g/mol. The molecule has 3 nitrogen and oxygen atoms in total. The van der Waals surface area contributed by atoms with Crippen molar-refractivity contribution < 1.29 is 0 Å². The highest BCUT2D eigenvalue weighted by atomic mass is 35.5. The number of rotatable bonds is 4. The fraction of sp³-hybridized carbons (Fsp3) is 0.357. The van der Waals surface area contributed by atoms with Crippen LogP contribution in [0.25, 0.3) is 5.69 Å². The molecule has 0 amide bonds. The molecule has 3 rings (SSSR count). The number of hydrogen-bond donors (Lipinski definition) is 1. The topological polar surface area (TPSA) is 29.9 Å². The maximum Gasteiger partial charge on any atom is 0.0877 e. The van der Waals surface area contributed by atoms with E-state index in [1.165, 1.54) is 12.8 Å². The normalized spacial score (nSPS) is 14.9. The van der Waals surface area contributed by atoms with Crippen LogP contribution in [0.5, 0.6) is 0 Å². The number of halogens is 2. The van der Waals surface area contributed by atoms with E-state index in [9.17, 15) is 0 Å². The highest BCUT2D eigenvalue weighted by Crippen LogP contribution is 2.27. The molecular weight excluding hydrogens is 281 g/mol. The number of para-hydroxylation sites is 1. The number of benzene rings is 1. The lowest BCUT2D eigenvalue weighted by atomic mass is 10.1. The van der Waals surface area contributed by atoms with Crippen molar-refractivity contribution in [3.05, 3.63) is 45.7 Å². The van der Waals surface area contributed by atoms with Crippen molar-refractivity contribution in [3.8, 4) is 5.69 Å². The quantitative estimate of drug-likeness (QED) is 0.931. The van der Waals surface area contributed by atoms with Gasteiger partial charge in [-0.15, -0.1) is 0 Å². The lowest BCUT2D eigenvalue weighted by molar-refractivity contribution is 0.681. The Balaban J connectivity index is 1.97. The average Bonchev–Trinajstić information content (AvgIpc) is 3.14. The zero-order valence-electron chi connectivity index (χ0n) is 10.7. The Labute approximate surface area is 122 Å². The lowest BCUT2D eigenvalue weighted by Crippen LogP contribution is -2.17. The minimum atomic E-state index is 0.654. The van der Waals surface area contributed by atoms with E-state index in [0.717, 1.165) is 23.5 Å². The van der Waals surface area contributed by atoms with Crippen molar-refractivity contribution in [2.24, 2.45) is 0 Å². The SMILES string of the molecule is Cc1nn(-c2c(Cl)cccc2CNC2CC2)cc1Cl. The molecule has 1 aliphatic carbocycles. The van der Waals surface area contributed by atoms with Gasteiger partial charge in [-0.1, -0.05) is 35.3 Å². The van der Waals surface area contributed by atoms with Crippen molar-refractivity contribution in [3.63, 3.8) is 0 Å². The summed E-state index contributed by atoms with van der Waals surface area (Å²) in [6.07, 6.45) is 4.34. The molecule has 5 heteroatoms. The second kappa shape index (κ2) is 5.16. The van der Waals surface area contributed by atoms with Gasteiger partial charge in [-0.05, 0) is 31.4 Å². The molecule has 0 bridgehead atoms. The molecule has 19 heavy (non-hydrogen) atoms. The number of nitrogens with zero attached hydrogens (tertiary/aromatic N) is 2. The Morgan fingerprint density at radius 2 is 2.11 bits per heavy atom. The second-order valence-electron chi connectivity index (χ2n) is 4.91. The third kappa shape index (κ3) is 2.78. The molecule has 1 saturated carbocycles. The molecule has 0 unspecified atom stereocenters. The van der Waals surface area contributed by atoms with Crippen LogP contribution in [0.3, 0.4) is 0 Å². The van der Waals surface area contributed by atoms with Crippen LogP contribution < -0.4 is 5.32 Å². The molecule has 0 aliphatic heterocycles. The van der Waals surface area contributed by atoms with Gasteiger partial charge in [0.25, 0.3) is 0 Å². The predicted molar refractivity (Wildman–Crippen MR) is 78.2 cm³/mol. The van der Waals surface area contributed by atoms with Gasteiger partial charge in [0, 0.05) is 18.8 Å². The molecule has 1 fully saturated rings. The van der Waals surface area contributed by atoms with Gasteiger partial charge in [0.2, 0.25) is 0 Å². The first-order chi connectivity index (χ1) is 9.15. The maximum absolute atomic E-state index is 6.32. The molecule has 2 aromatic rings. The maximum atomic E-state index is 6.32. The van der Waals surface area contributed by atoms with E-state index >= 15 is 0 Å². The Hall–Kier alpha value is -1.03. The predicted octanol–water partition coefficient (Wildman–Crippen LogP) is 3.74. The third-order valence-corrected chi connectivity index (χ3v) is 3.97.